The molecular weight excluding hydrogens is 767 g/mol. The third kappa shape index (κ3) is 9.04. The van der Waals surface area contributed by atoms with E-state index in [-0.39, 0.29) is 47.8 Å². The predicted octanol–water partition coefficient (Wildman–Crippen LogP) is 3.82. The van der Waals surface area contributed by atoms with Gasteiger partial charge in [-0.25, -0.2) is 9.78 Å². The molecule has 2 aromatic heterocycles. The fourth-order valence-electron chi connectivity index (χ4n) is 8.20. The van der Waals surface area contributed by atoms with Gasteiger partial charge in [-0.2, -0.15) is 4.98 Å². The number of anilines is 4. The summed E-state index contributed by atoms with van der Waals surface area (Å²) >= 11 is 0. The molecule has 17 nitrogen and oxygen atoms in total. The van der Waals surface area contributed by atoms with Crippen molar-refractivity contribution < 1.29 is 28.8 Å². The third-order valence-electron chi connectivity index (χ3n) is 11.5. The van der Waals surface area contributed by atoms with Gasteiger partial charge in [-0.15, -0.1) is 0 Å². The number of nitrogens with one attached hydrogen (secondary N) is 4. The van der Waals surface area contributed by atoms with Crippen molar-refractivity contribution in [1.29, 1.82) is 0 Å². The molecule has 320 valence electrons. The van der Waals surface area contributed by atoms with Crippen LogP contribution < -0.4 is 31.1 Å². The molecule has 3 aromatic rings. The van der Waals surface area contributed by atoms with E-state index in [2.05, 4.69) is 36.2 Å². The summed E-state index contributed by atoms with van der Waals surface area (Å²) in [6.45, 7) is 13.0. The first kappa shape index (κ1) is 43.4. The second-order valence-electron chi connectivity index (χ2n) is 17.4. The van der Waals surface area contributed by atoms with Crippen LogP contribution in [-0.2, 0) is 25.7 Å². The number of carbonyl (C=O) groups excluding carboxylic acids is 6. The zero-order valence-corrected chi connectivity index (χ0v) is 36.1. The molecule has 7 amide bonds. The Hall–Kier alpha value is -6.13. The molecule has 3 aliphatic heterocycles. The van der Waals surface area contributed by atoms with Crippen LogP contribution in [0.2, 0.25) is 0 Å². The number of amides is 7. The van der Waals surface area contributed by atoms with Gasteiger partial charge in [0, 0.05) is 55.9 Å². The predicted molar refractivity (Wildman–Crippen MR) is 226 cm³/mol. The van der Waals surface area contributed by atoms with Gasteiger partial charge in [0.05, 0.1) is 18.4 Å². The lowest BCUT2D eigenvalue weighted by atomic mass is 9.87. The van der Waals surface area contributed by atoms with Gasteiger partial charge in [0.25, 0.3) is 5.91 Å². The summed E-state index contributed by atoms with van der Waals surface area (Å²) in [5.41, 5.74) is 2.43. The Morgan fingerprint density at radius 1 is 1.00 bits per heavy atom. The van der Waals surface area contributed by atoms with E-state index in [4.69, 9.17) is 0 Å². The van der Waals surface area contributed by atoms with Crippen molar-refractivity contribution >= 4 is 58.7 Å². The molecule has 17 heteroatoms. The van der Waals surface area contributed by atoms with Gasteiger partial charge < -0.3 is 31.1 Å². The number of aryl methyl sites for hydroxylation is 2. The van der Waals surface area contributed by atoms with Crippen LogP contribution in [0.5, 0.6) is 0 Å². The fraction of sp³-hybridized carbons (Fsp3) is 0.512. The molecule has 5 atom stereocenters. The van der Waals surface area contributed by atoms with Crippen LogP contribution in [0.4, 0.5) is 27.9 Å². The Morgan fingerprint density at radius 2 is 1.73 bits per heavy atom. The van der Waals surface area contributed by atoms with Crippen molar-refractivity contribution in [2.75, 3.05) is 36.3 Å². The molecule has 3 aliphatic rings. The first-order valence-corrected chi connectivity index (χ1v) is 20.4. The van der Waals surface area contributed by atoms with Crippen LogP contribution in [0.1, 0.15) is 87.5 Å². The van der Waals surface area contributed by atoms with Crippen molar-refractivity contribution in [3.63, 3.8) is 0 Å². The first-order chi connectivity index (χ1) is 28.2. The first-order valence-electron chi connectivity index (χ1n) is 20.4. The van der Waals surface area contributed by atoms with Crippen LogP contribution in [-0.4, -0.2) is 111 Å². The van der Waals surface area contributed by atoms with Crippen LogP contribution >= 0.6 is 0 Å². The summed E-state index contributed by atoms with van der Waals surface area (Å²) in [7, 11) is 4.88. The molecule has 6 rings (SSSR count). The lowest BCUT2D eigenvalue weighted by Gasteiger charge is -2.42. The molecule has 0 bridgehead atoms. The number of aromatic nitrogens is 3. The number of carbonyl (C=O) groups is 6. The summed E-state index contributed by atoms with van der Waals surface area (Å²) < 4.78 is 0. The van der Waals surface area contributed by atoms with E-state index in [0.29, 0.717) is 54.4 Å². The standard InChI is InChI=1S/C43H57N11O6/c1-23(2)17-30(38(57)51(8)9)48-40(59)43(6,7)50-37(56)33-16-15-32-25(4)18-31(39(58)54(32)33)47-36(55)27-13-11-24(3)34(19-27)53-22-28-20-45-41(49-35(28)52(10)42(53)60)46-29-14-12-26(5)44-21-29/h11-14,19-21,23,25,30-33H,15-18,22H2,1-10H3,(H,47,55)(H,48,59)(H,50,56)(H,45,46,49)/t25?,30-,31-,32?,33-/m0/s1. The molecular formula is C43H57N11O6. The molecule has 5 heterocycles. The number of hydrogen-bond donors (Lipinski definition) is 4. The Morgan fingerprint density at radius 3 is 2.40 bits per heavy atom. The smallest absolute Gasteiger partial charge is 0.330 e. The maximum atomic E-state index is 14.2. The van der Waals surface area contributed by atoms with E-state index in [1.54, 1.807) is 75.4 Å². The maximum absolute atomic E-state index is 14.2. The third-order valence-corrected chi connectivity index (χ3v) is 11.5. The quantitative estimate of drug-likeness (QED) is 0.208. The minimum Gasteiger partial charge on any atom is -0.347 e. The van der Waals surface area contributed by atoms with E-state index in [9.17, 15) is 28.8 Å². The number of hydrogen-bond acceptors (Lipinski definition) is 10. The molecule has 0 saturated carbocycles. The van der Waals surface area contributed by atoms with E-state index in [1.165, 1.54) is 9.80 Å². The van der Waals surface area contributed by atoms with Crippen LogP contribution in [0.15, 0.2) is 42.7 Å². The maximum Gasteiger partial charge on any atom is 0.330 e. The highest BCUT2D eigenvalue weighted by molar-refractivity contribution is 6.07. The SMILES string of the molecule is Cc1ccc(Nc2ncc3c(n2)N(C)C(=O)N(c2cc(C(=O)N[C@H]4CC(C)C5CC[C@@H](C(=O)NC(C)(C)C(=O)N[C@@H](CC(C)C)C(=O)N(C)C)N5C4=O)ccc2C)C3)cn1. The summed E-state index contributed by atoms with van der Waals surface area (Å²) in [4.78, 5) is 101. The summed E-state index contributed by atoms with van der Waals surface area (Å²) in [5, 5.41) is 11.7. The van der Waals surface area contributed by atoms with E-state index in [0.717, 1.165) is 11.3 Å². The van der Waals surface area contributed by atoms with Crippen LogP contribution in [0, 0.1) is 25.7 Å². The Bertz CT molecular complexity index is 2170. The van der Waals surface area contributed by atoms with Crippen LogP contribution in [0.25, 0.3) is 0 Å². The minimum atomic E-state index is -1.39. The highest BCUT2D eigenvalue weighted by Crippen LogP contribution is 2.37. The second-order valence-corrected chi connectivity index (χ2v) is 17.4. The molecule has 0 spiro atoms. The number of fused-ring (bicyclic) bond motifs is 2. The normalized spacial score (nSPS) is 20.6. The van der Waals surface area contributed by atoms with Crippen LogP contribution in [0.3, 0.4) is 0 Å². The van der Waals surface area contributed by atoms with Gasteiger partial charge in [0.2, 0.25) is 29.6 Å². The van der Waals surface area contributed by atoms with Gasteiger partial charge in [0.15, 0.2) is 0 Å². The lowest BCUT2D eigenvalue weighted by molar-refractivity contribution is -0.147. The zero-order chi connectivity index (χ0) is 43.8. The largest absolute Gasteiger partial charge is 0.347 e. The molecule has 60 heavy (non-hydrogen) atoms. The summed E-state index contributed by atoms with van der Waals surface area (Å²) in [5.74, 6) is -1.22. The molecule has 1 aromatic carbocycles. The minimum absolute atomic E-state index is 0.0300. The summed E-state index contributed by atoms with van der Waals surface area (Å²) in [6.07, 6.45) is 5.15. The number of rotatable bonds is 12. The van der Waals surface area contributed by atoms with Crippen molar-refractivity contribution in [1.82, 2.24) is 40.7 Å². The van der Waals surface area contributed by atoms with Gasteiger partial charge in [-0.3, -0.25) is 38.8 Å². The summed E-state index contributed by atoms with van der Waals surface area (Å²) in [6, 6.07) is 5.71. The average molecular weight is 824 g/mol. The number of urea groups is 1. The number of nitrogens with zero attached hydrogens (tertiary/aromatic N) is 7. The molecule has 0 aliphatic carbocycles. The average Bonchev–Trinajstić information content (AvgIpc) is 3.65. The van der Waals surface area contributed by atoms with Gasteiger partial charge >= 0.3 is 6.03 Å². The molecule has 4 N–H and O–H groups in total. The Labute approximate surface area is 351 Å². The number of likely N-dealkylation sites (N-methyl/N-ethyl adjacent to an activating group) is 1. The van der Waals surface area contributed by atoms with E-state index < -0.39 is 41.4 Å². The van der Waals surface area contributed by atoms with Gasteiger partial charge in [-0.05, 0) is 95.0 Å². The molecule has 2 saturated heterocycles. The molecule has 2 fully saturated rings. The zero-order valence-electron chi connectivity index (χ0n) is 36.1. The van der Waals surface area contributed by atoms with Crippen molar-refractivity contribution in [2.24, 2.45) is 11.8 Å². The highest BCUT2D eigenvalue weighted by atomic mass is 16.2. The molecule has 0 radical (unpaired) electrons. The van der Waals surface area contributed by atoms with Gasteiger partial charge in [0.1, 0.15) is 29.5 Å². The number of pyridine rings is 1. The number of piperidine rings is 1. The molecule has 2 unspecified atom stereocenters. The Kier molecular flexibility index (Phi) is 12.5. The van der Waals surface area contributed by atoms with Crippen molar-refractivity contribution in [2.45, 2.75) is 110 Å². The van der Waals surface area contributed by atoms with Crippen molar-refractivity contribution in [3.05, 3.63) is 65.1 Å². The fourth-order valence-corrected chi connectivity index (χ4v) is 8.20. The van der Waals surface area contributed by atoms with Crippen molar-refractivity contribution in [3.8, 4) is 0 Å². The second kappa shape index (κ2) is 17.2. The monoisotopic (exact) mass is 823 g/mol. The lowest BCUT2D eigenvalue weighted by Crippen LogP contribution is -2.64. The Balaban J connectivity index is 1.13. The highest BCUT2D eigenvalue weighted by Gasteiger charge is 2.50. The van der Waals surface area contributed by atoms with E-state index >= 15 is 0 Å². The van der Waals surface area contributed by atoms with E-state index in [1.807, 2.05) is 46.8 Å². The topological polar surface area (TPSA) is 202 Å². The number of benzene rings is 1. The van der Waals surface area contributed by atoms with Gasteiger partial charge in [-0.1, -0.05) is 26.8 Å².